The second-order valence-electron chi connectivity index (χ2n) is 5.30. The van der Waals surface area contributed by atoms with E-state index in [0.717, 1.165) is 22.3 Å². The van der Waals surface area contributed by atoms with Gasteiger partial charge in [0.25, 0.3) is 0 Å². The number of nitrogens with one attached hydrogen (secondary N) is 1. The van der Waals surface area contributed by atoms with E-state index in [4.69, 9.17) is 11.6 Å². The largest absolute Gasteiger partial charge is 0.363 e. The fourth-order valence-corrected chi connectivity index (χ4v) is 2.58. The van der Waals surface area contributed by atoms with Crippen molar-refractivity contribution in [2.24, 2.45) is 7.05 Å². The van der Waals surface area contributed by atoms with Crippen LogP contribution in [0.2, 0.25) is 5.02 Å². The number of aromatic nitrogens is 3. The molecule has 5 heteroatoms. The molecule has 0 aliphatic heterocycles. The molecule has 0 unspecified atom stereocenters. The third-order valence-electron chi connectivity index (χ3n) is 3.57. The Bertz CT molecular complexity index is 794. The molecule has 1 N–H and O–H groups in total. The number of halogens is 1. The molecule has 0 amide bonds. The van der Waals surface area contributed by atoms with E-state index >= 15 is 0 Å². The van der Waals surface area contributed by atoms with Crippen LogP contribution in [0.3, 0.4) is 0 Å². The molecule has 3 rings (SSSR count). The number of hydrogen-bond donors (Lipinski definition) is 1. The molecule has 0 bridgehead atoms. The van der Waals surface area contributed by atoms with Crippen LogP contribution in [0, 0.1) is 6.92 Å². The number of nitrogens with zero attached hydrogens (tertiary/aromatic N) is 3. The first-order valence-electron chi connectivity index (χ1n) is 6.85. The van der Waals surface area contributed by atoms with Crippen LogP contribution in [0.5, 0.6) is 0 Å². The van der Waals surface area contributed by atoms with Crippen molar-refractivity contribution < 1.29 is 0 Å². The minimum Gasteiger partial charge on any atom is -0.363 e. The lowest BCUT2D eigenvalue weighted by molar-refractivity contribution is 0.765. The summed E-state index contributed by atoms with van der Waals surface area (Å²) in [6, 6.07) is 7.99. The molecule has 0 aliphatic rings. The van der Waals surface area contributed by atoms with Crippen LogP contribution in [-0.4, -0.2) is 14.8 Å². The third-order valence-corrected chi connectivity index (χ3v) is 3.80. The van der Waals surface area contributed by atoms with Gasteiger partial charge in [0.1, 0.15) is 5.82 Å². The Kier molecular flexibility index (Phi) is 3.55. The first-order valence-corrected chi connectivity index (χ1v) is 7.23. The average Bonchev–Trinajstić information content (AvgIpc) is 2.85. The molecular weight excluding hydrogens is 284 g/mol. The van der Waals surface area contributed by atoms with E-state index < -0.39 is 0 Å². The van der Waals surface area contributed by atoms with Crippen LogP contribution in [0.4, 0.5) is 5.82 Å². The lowest BCUT2D eigenvalue weighted by Gasteiger charge is -2.14. The molecule has 1 atom stereocenters. The number of anilines is 1. The van der Waals surface area contributed by atoms with Crippen molar-refractivity contribution in [2.45, 2.75) is 19.9 Å². The van der Waals surface area contributed by atoms with Gasteiger partial charge in [0.05, 0.1) is 17.8 Å². The van der Waals surface area contributed by atoms with Gasteiger partial charge in [-0.15, -0.1) is 0 Å². The van der Waals surface area contributed by atoms with Crippen molar-refractivity contribution >= 4 is 28.3 Å². The van der Waals surface area contributed by atoms with Crippen molar-refractivity contribution in [3.05, 3.63) is 52.8 Å². The van der Waals surface area contributed by atoms with Crippen molar-refractivity contribution in [1.29, 1.82) is 0 Å². The molecule has 4 nitrogen and oxygen atoms in total. The van der Waals surface area contributed by atoms with E-state index in [1.807, 2.05) is 37.6 Å². The summed E-state index contributed by atoms with van der Waals surface area (Å²) in [6.45, 7) is 4.17. The van der Waals surface area contributed by atoms with E-state index in [9.17, 15) is 0 Å². The second-order valence-corrected chi connectivity index (χ2v) is 5.74. The summed E-state index contributed by atoms with van der Waals surface area (Å²) in [7, 11) is 1.91. The summed E-state index contributed by atoms with van der Waals surface area (Å²) in [6.07, 6.45) is 3.87. The van der Waals surface area contributed by atoms with Gasteiger partial charge in [0, 0.05) is 29.2 Å². The molecule has 0 fully saturated rings. The van der Waals surface area contributed by atoms with E-state index in [0.29, 0.717) is 5.02 Å². The highest BCUT2D eigenvalue weighted by Gasteiger charge is 2.10. The fraction of sp³-hybridized carbons (Fsp3) is 0.250. The van der Waals surface area contributed by atoms with Gasteiger partial charge in [-0.1, -0.05) is 17.7 Å². The lowest BCUT2D eigenvalue weighted by atomic mass is 10.1. The Morgan fingerprint density at radius 3 is 2.81 bits per heavy atom. The third kappa shape index (κ3) is 2.85. The molecule has 1 aromatic carbocycles. The summed E-state index contributed by atoms with van der Waals surface area (Å²) in [5, 5.41) is 9.44. The first kappa shape index (κ1) is 13.9. The zero-order chi connectivity index (χ0) is 15.0. The number of hydrogen-bond acceptors (Lipinski definition) is 3. The van der Waals surface area contributed by atoms with E-state index in [1.54, 1.807) is 4.68 Å². The van der Waals surface area contributed by atoms with Gasteiger partial charge >= 0.3 is 0 Å². The Morgan fingerprint density at radius 2 is 2.10 bits per heavy atom. The monoisotopic (exact) mass is 300 g/mol. The Hall–Kier alpha value is -2.07. The molecule has 108 valence electrons. The topological polar surface area (TPSA) is 42.7 Å². The van der Waals surface area contributed by atoms with E-state index in [2.05, 4.69) is 35.3 Å². The van der Waals surface area contributed by atoms with Crippen LogP contribution >= 0.6 is 11.6 Å². The van der Waals surface area contributed by atoms with E-state index in [-0.39, 0.29) is 6.04 Å². The predicted molar refractivity (Wildman–Crippen MR) is 86.7 cm³/mol. The fourth-order valence-electron chi connectivity index (χ4n) is 2.42. The van der Waals surface area contributed by atoms with Crippen molar-refractivity contribution in [1.82, 2.24) is 14.8 Å². The van der Waals surface area contributed by atoms with E-state index in [1.165, 1.54) is 5.56 Å². The number of benzene rings is 1. The van der Waals surface area contributed by atoms with Crippen molar-refractivity contribution in [3.63, 3.8) is 0 Å². The standard InChI is InChI=1S/C16H17ClN4/c1-10-6-16(19-11(2)12-8-18-21(3)9-12)20-15-7-13(17)4-5-14(10)15/h4-9,11H,1-3H3,(H,19,20)/t11-/m1/s1. The SMILES string of the molecule is Cc1cc(N[C@H](C)c2cnn(C)c2)nc2cc(Cl)ccc12. The molecule has 0 radical (unpaired) electrons. The summed E-state index contributed by atoms with van der Waals surface area (Å²) in [4.78, 5) is 4.65. The minimum absolute atomic E-state index is 0.141. The molecule has 0 saturated carbocycles. The molecule has 21 heavy (non-hydrogen) atoms. The molecule has 0 spiro atoms. The van der Waals surface area contributed by atoms with Crippen molar-refractivity contribution in [2.75, 3.05) is 5.32 Å². The van der Waals surface area contributed by atoms with Gasteiger partial charge < -0.3 is 5.32 Å². The van der Waals surface area contributed by atoms with Gasteiger partial charge in [0.2, 0.25) is 0 Å². The number of aryl methyl sites for hydroxylation is 2. The summed E-state index contributed by atoms with van der Waals surface area (Å²) in [5.74, 6) is 0.846. The summed E-state index contributed by atoms with van der Waals surface area (Å²) in [5.41, 5.74) is 3.21. The highest BCUT2D eigenvalue weighted by Crippen LogP contribution is 2.25. The highest BCUT2D eigenvalue weighted by molar-refractivity contribution is 6.31. The van der Waals surface area contributed by atoms with Gasteiger partial charge in [0.15, 0.2) is 0 Å². The summed E-state index contributed by atoms with van der Waals surface area (Å²) >= 11 is 6.06. The van der Waals surface area contributed by atoms with Crippen molar-refractivity contribution in [3.8, 4) is 0 Å². The maximum Gasteiger partial charge on any atom is 0.127 e. The van der Waals surface area contributed by atoms with Crippen LogP contribution < -0.4 is 5.32 Å². The van der Waals surface area contributed by atoms with Gasteiger partial charge in [-0.05, 0) is 37.6 Å². The first-order chi connectivity index (χ1) is 10.0. The Labute approximate surface area is 128 Å². The highest BCUT2D eigenvalue weighted by atomic mass is 35.5. The zero-order valence-electron chi connectivity index (χ0n) is 12.3. The van der Waals surface area contributed by atoms with Gasteiger partial charge in [-0.3, -0.25) is 4.68 Å². The Balaban J connectivity index is 1.93. The van der Waals surface area contributed by atoms with Crippen LogP contribution in [0.1, 0.15) is 24.1 Å². The molecular formula is C16H17ClN4. The van der Waals surface area contributed by atoms with Crippen LogP contribution in [-0.2, 0) is 7.05 Å². The number of rotatable bonds is 3. The maximum atomic E-state index is 6.06. The maximum absolute atomic E-state index is 6.06. The predicted octanol–water partition coefficient (Wildman–Crippen LogP) is 4.10. The van der Waals surface area contributed by atoms with Gasteiger partial charge in [-0.2, -0.15) is 5.10 Å². The van der Waals surface area contributed by atoms with Crippen LogP contribution in [0.15, 0.2) is 36.7 Å². The average molecular weight is 301 g/mol. The Morgan fingerprint density at radius 1 is 1.29 bits per heavy atom. The quantitative estimate of drug-likeness (QED) is 0.792. The molecule has 3 aromatic rings. The van der Waals surface area contributed by atoms with Gasteiger partial charge in [-0.25, -0.2) is 4.98 Å². The summed E-state index contributed by atoms with van der Waals surface area (Å²) < 4.78 is 1.80. The molecule has 2 aromatic heterocycles. The second kappa shape index (κ2) is 5.37. The molecule has 0 aliphatic carbocycles. The zero-order valence-corrected chi connectivity index (χ0v) is 13.0. The number of pyridine rings is 1. The molecule has 0 saturated heterocycles. The normalized spacial score (nSPS) is 12.6. The minimum atomic E-state index is 0.141. The van der Waals surface area contributed by atoms with Crippen LogP contribution in [0.25, 0.3) is 10.9 Å². The molecule has 2 heterocycles. The number of fused-ring (bicyclic) bond motifs is 1. The lowest BCUT2D eigenvalue weighted by Crippen LogP contribution is -2.07. The smallest absolute Gasteiger partial charge is 0.127 e.